The van der Waals surface area contributed by atoms with E-state index in [0.717, 1.165) is 0 Å². The lowest BCUT2D eigenvalue weighted by Crippen LogP contribution is -2.41. The summed E-state index contributed by atoms with van der Waals surface area (Å²) in [7, 11) is 0. The third-order valence-electron chi connectivity index (χ3n) is 2.84. The van der Waals surface area contributed by atoms with Gasteiger partial charge in [0.05, 0.1) is 6.42 Å². The molecule has 0 fully saturated rings. The third-order valence-corrected chi connectivity index (χ3v) is 2.84. The van der Waals surface area contributed by atoms with Crippen molar-refractivity contribution in [1.82, 2.24) is 5.32 Å². The molecule has 0 saturated carbocycles. The number of amides is 1. The van der Waals surface area contributed by atoms with Crippen molar-refractivity contribution >= 4 is 11.9 Å². The van der Waals surface area contributed by atoms with E-state index in [0.29, 0.717) is 18.9 Å². The van der Waals surface area contributed by atoms with Gasteiger partial charge in [-0.15, -0.1) is 0 Å². The van der Waals surface area contributed by atoms with Gasteiger partial charge in [0, 0.05) is 12.0 Å². The summed E-state index contributed by atoms with van der Waals surface area (Å²) in [6, 6.07) is 0. The molecule has 0 aromatic heterocycles. The smallest absolute Gasteiger partial charge is 0.303 e. The number of carbonyl (C=O) groups is 2. The highest BCUT2D eigenvalue weighted by atomic mass is 16.4. The molecule has 0 heterocycles. The van der Waals surface area contributed by atoms with Gasteiger partial charge in [-0.1, -0.05) is 41.5 Å². The number of carbonyl (C=O) groups excluding carboxylic acids is 1. The van der Waals surface area contributed by atoms with Crippen molar-refractivity contribution in [2.24, 2.45) is 16.7 Å². The SMILES string of the molecule is CC(C)CNC(=O)C(C)(C)CC(C)(C)CC(=O)O. The Bertz CT molecular complexity index is 306. The van der Waals surface area contributed by atoms with Crippen LogP contribution in [0.3, 0.4) is 0 Å². The second kappa shape index (κ2) is 6.21. The molecule has 0 rings (SSSR count). The first kappa shape index (κ1) is 16.9. The van der Waals surface area contributed by atoms with Crippen LogP contribution in [0.2, 0.25) is 0 Å². The average Bonchev–Trinajstić information content (AvgIpc) is 2.09. The lowest BCUT2D eigenvalue weighted by Gasteiger charge is -2.33. The highest BCUT2D eigenvalue weighted by molar-refractivity contribution is 5.82. The summed E-state index contributed by atoms with van der Waals surface area (Å²) < 4.78 is 0. The first-order chi connectivity index (χ1) is 7.96. The molecule has 0 aromatic rings. The number of carboxylic acid groups (broad SMARTS) is 1. The summed E-state index contributed by atoms with van der Waals surface area (Å²) in [6.45, 7) is 12.3. The van der Waals surface area contributed by atoms with E-state index in [-0.39, 0.29) is 17.7 Å². The van der Waals surface area contributed by atoms with E-state index in [2.05, 4.69) is 5.32 Å². The zero-order valence-corrected chi connectivity index (χ0v) is 12.5. The summed E-state index contributed by atoms with van der Waals surface area (Å²) in [5, 5.41) is 11.8. The lowest BCUT2D eigenvalue weighted by molar-refractivity contribution is -0.141. The van der Waals surface area contributed by atoms with Crippen LogP contribution < -0.4 is 5.32 Å². The molecule has 0 aliphatic rings. The predicted molar refractivity (Wildman–Crippen MR) is 72.3 cm³/mol. The maximum absolute atomic E-state index is 12.1. The molecule has 4 heteroatoms. The van der Waals surface area contributed by atoms with Gasteiger partial charge in [0.2, 0.25) is 5.91 Å². The fourth-order valence-electron chi connectivity index (χ4n) is 2.28. The average molecular weight is 257 g/mol. The Kier molecular flexibility index (Phi) is 5.84. The molecule has 0 bridgehead atoms. The van der Waals surface area contributed by atoms with Crippen molar-refractivity contribution in [3.63, 3.8) is 0 Å². The summed E-state index contributed by atoms with van der Waals surface area (Å²) >= 11 is 0. The number of hydrogen-bond acceptors (Lipinski definition) is 2. The second-order valence-corrected chi connectivity index (χ2v) is 6.90. The van der Waals surface area contributed by atoms with Crippen molar-refractivity contribution in [3.05, 3.63) is 0 Å². The van der Waals surface area contributed by atoms with Crippen LogP contribution in [0.25, 0.3) is 0 Å². The van der Waals surface area contributed by atoms with Crippen LogP contribution in [-0.4, -0.2) is 23.5 Å². The van der Waals surface area contributed by atoms with E-state index in [1.807, 2.05) is 41.5 Å². The van der Waals surface area contributed by atoms with E-state index < -0.39 is 11.4 Å². The van der Waals surface area contributed by atoms with Crippen LogP contribution in [0.1, 0.15) is 54.4 Å². The van der Waals surface area contributed by atoms with Crippen LogP contribution in [0.4, 0.5) is 0 Å². The summed E-state index contributed by atoms with van der Waals surface area (Å²) in [5.74, 6) is -0.412. The maximum atomic E-state index is 12.1. The van der Waals surface area contributed by atoms with Gasteiger partial charge in [0.15, 0.2) is 0 Å². The van der Waals surface area contributed by atoms with Gasteiger partial charge in [-0.3, -0.25) is 9.59 Å². The Labute approximate surface area is 110 Å². The van der Waals surface area contributed by atoms with Gasteiger partial charge in [-0.05, 0) is 17.8 Å². The number of rotatable bonds is 7. The molecule has 1 amide bonds. The van der Waals surface area contributed by atoms with Crippen LogP contribution in [-0.2, 0) is 9.59 Å². The van der Waals surface area contributed by atoms with E-state index in [1.54, 1.807) is 0 Å². The summed E-state index contributed by atoms with van der Waals surface area (Å²) in [6.07, 6.45) is 0.629. The molecule has 0 aromatic carbocycles. The Morgan fingerprint density at radius 2 is 1.67 bits per heavy atom. The fraction of sp³-hybridized carbons (Fsp3) is 0.857. The van der Waals surface area contributed by atoms with E-state index in [9.17, 15) is 9.59 Å². The van der Waals surface area contributed by atoms with Gasteiger partial charge in [-0.2, -0.15) is 0 Å². The fourth-order valence-corrected chi connectivity index (χ4v) is 2.28. The molecular weight excluding hydrogens is 230 g/mol. The first-order valence-corrected chi connectivity index (χ1v) is 6.46. The maximum Gasteiger partial charge on any atom is 0.303 e. The molecule has 4 nitrogen and oxygen atoms in total. The second-order valence-electron chi connectivity index (χ2n) is 6.90. The highest BCUT2D eigenvalue weighted by Gasteiger charge is 2.35. The Morgan fingerprint density at radius 1 is 1.17 bits per heavy atom. The number of carboxylic acids is 1. The van der Waals surface area contributed by atoms with Crippen LogP contribution in [0.5, 0.6) is 0 Å². The molecule has 0 saturated heterocycles. The molecular formula is C14H27NO3. The quantitative estimate of drug-likeness (QED) is 0.737. The number of hydrogen-bond donors (Lipinski definition) is 2. The minimum Gasteiger partial charge on any atom is -0.481 e. The number of aliphatic carboxylic acids is 1. The zero-order chi connectivity index (χ0) is 14.6. The normalized spacial score (nSPS) is 12.6. The van der Waals surface area contributed by atoms with Gasteiger partial charge in [0.25, 0.3) is 0 Å². The van der Waals surface area contributed by atoms with Crippen LogP contribution >= 0.6 is 0 Å². The molecule has 2 N–H and O–H groups in total. The Hall–Kier alpha value is -1.06. The minimum absolute atomic E-state index is 0.00494. The molecule has 0 atom stereocenters. The van der Waals surface area contributed by atoms with Gasteiger partial charge < -0.3 is 10.4 Å². The first-order valence-electron chi connectivity index (χ1n) is 6.46. The third kappa shape index (κ3) is 6.62. The van der Waals surface area contributed by atoms with E-state index in [4.69, 9.17) is 5.11 Å². The topological polar surface area (TPSA) is 66.4 Å². The predicted octanol–water partition coefficient (Wildman–Crippen LogP) is 2.68. The highest BCUT2D eigenvalue weighted by Crippen LogP contribution is 2.36. The van der Waals surface area contributed by atoms with Crippen molar-refractivity contribution in [3.8, 4) is 0 Å². The van der Waals surface area contributed by atoms with Crippen LogP contribution in [0, 0.1) is 16.7 Å². The van der Waals surface area contributed by atoms with Crippen molar-refractivity contribution in [2.75, 3.05) is 6.54 Å². The summed E-state index contributed by atoms with van der Waals surface area (Å²) in [5.41, 5.74) is -0.932. The van der Waals surface area contributed by atoms with Gasteiger partial charge in [0.1, 0.15) is 0 Å². The Balaban J connectivity index is 4.53. The Morgan fingerprint density at radius 3 is 2.06 bits per heavy atom. The van der Waals surface area contributed by atoms with Gasteiger partial charge in [-0.25, -0.2) is 0 Å². The molecule has 0 radical (unpaired) electrons. The standard InChI is InChI=1S/C14H27NO3/c1-10(2)8-15-12(18)14(5,6)9-13(3,4)7-11(16)17/h10H,7-9H2,1-6H3,(H,15,18)(H,16,17). The molecule has 0 unspecified atom stereocenters. The monoisotopic (exact) mass is 257 g/mol. The van der Waals surface area contributed by atoms with Crippen molar-refractivity contribution in [1.29, 1.82) is 0 Å². The molecule has 0 spiro atoms. The molecule has 0 aliphatic heterocycles. The van der Waals surface area contributed by atoms with E-state index in [1.165, 1.54) is 0 Å². The van der Waals surface area contributed by atoms with Crippen molar-refractivity contribution < 1.29 is 14.7 Å². The van der Waals surface area contributed by atoms with Gasteiger partial charge >= 0.3 is 5.97 Å². The lowest BCUT2D eigenvalue weighted by atomic mass is 9.73. The number of nitrogens with one attached hydrogen (secondary N) is 1. The molecule has 18 heavy (non-hydrogen) atoms. The van der Waals surface area contributed by atoms with E-state index >= 15 is 0 Å². The summed E-state index contributed by atoms with van der Waals surface area (Å²) in [4.78, 5) is 22.9. The van der Waals surface area contributed by atoms with Crippen molar-refractivity contribution in [2.45, 2.75) is 54.4 Å². The zero-order valence-electron chi connectivity index (χ0n) is 12.5. The minimum atomic E-state index is -0.821. The molecule has 0 aliphatic carbocycles. The molecule has 106 valence electrons. The largest absolute Gasteiger partial charge is 0.481 e. The van der Waals surface area contributed by atoms with Crippen LogP contribution in [0.15, 0.2) is 0 Å².